The van der Waals surface area contributed by atoms with E-state index in [-0.39, 0.29) is 15.7 Å². The molecule has 0 aliphatic heterocycles. The molecule has 1 aromatic heterocycles. The smallest absolute Gasteiger partial charge is 0.271 e. The highest BCUT2D eigenvalue weighted by Crippen LogP contribution is 2.24. The Hall–Kier alpha value is -1.91. The first kappa shape index (κ1) is 8.68. The van der Waals surface area contributed by atoms with Crippen molar-refractivity contribution in [1.82, 2.24) is 4.79 Å². The van der Waals surface area contributed by atoms with Crippen LogP contribution in [-0.2, 0) is 0 Å². The molecular weight excluding hydrogens is 190 g/mol. The molecule has 0 atom stereocenters. The first-order valence-electron chi connectivity index (χ1n) is 3.88. The molecule has 0 unspecified atom stereocenters. The predicted molar refractivity (Wildman–Crippen MR) is 46.9 cm³/mol. The minimum absolute atomic E-state index is 0.00111. The van der Waals surface area contributed by atoms with Crippen LogP contribution in [0.2, 0.25) is 0 Å². The summed E-state index contributed by atoms with van der Waals surface area (Å²) >= 11 is 0. The Balaban J connectivity index is 2.92. The zero-order valence-electron chi connectivity index (χ0n) is 7.00. The molecule has 0 fully saturated rings. The molecule has 1 amide bonds. The van der Waals surface area contributed by atoms with E-state index >= 15 is 0 Å². The Morgan fingerprint density at radius 3 is 2.57 bits per heavy atom. The summed E-state index contributed by atoms with van der Waals surface area (Å²) in [6, 6.07) is 5.84. The lowest BCUT2D eigenvalue weighted by Gasteiger charge is -1.93. The monoisotopic (exact) mass is 196 g/mol. The summed E-state index contributed by atoms with van der Waals surface area (Å²) < 4.78 is 26.7. The standard InChI is InChI=1S/C9H6F2N2O/c10-7-5-3-1-2-4-6(5)13(11)8(7)9(12)14/h1-4H,(H2,12,14). The quantitative estimate of drug-likeness (QED) is 0.740. The summed E-state index contributed by atoms with van der Waals surface area (Å²) in [7, 11) is 0. The highest BCUT2D eigenvalue weighted by atomic mass is 19.2. The van der Waals surface area contributed by atoms with Crippen LogP contribution in [-0.4, -0.2) is 10.7 Å². The molecule has 5 heteroatoms. The van der Waals surface area contributed by atoms with Crippen LogP contribution in [0.3, 0.4) is 0 Å². The third-order valence-electron chi connectivity index (χ3n) is 1.99. The van der Waals surface area contributed by atoms with Gasteiger partial charge in [-0.25, -0.2) is 4.39 Å². The number of rotatable bonds is 1. The van der Waals surface area contributed by atoms with E-state index in [0.29, 0.717) is 0 Å². The Morgan fingerprint density at radius 2 is 2.00 bits per heavy atom. The Labute approximate surface area is 77.7 Å². The average molecular weight is 196 g/mol. The maximum absolute atomic E-state index is 13.4. The number of benzene rings is 1. The van der Waals surface area contributed by atoms with E-state index in [0.717, 1.165) is 0 Å². The van der Waals surface area contributed by atoms with Gasteiger partial charge in [0.2, 0.25) is 0 Å². The van der Waals surface area contributed by atoms with E-state index in [2.05, 4.69) is 0 Å². The van der Waals surface area contributed by atoms with Crippen LogP contribution >= 0.6 is 0 Å². The number of primary amides is 1. The number of nitrogens with zero attached hydrogens (tertiary/aromatic N) is 1. The van der Waals surface area contributed by atoms with E-state index in [1.54, 1.807) is 12.1 Å². The Morgan fingerprint density at radius 1 is 1.36 bits per heavy atom. The molecule has 1 heterocycles. The van der Waals surface area contributed by atoms with Crippen LogP contribution in [0, 0.1) is 5.82 Å². The van der Waals surface area contributed by atoms with Crippen molar-refractivity contribution < 1.29 is 13.7 Å². The third kappa shape index (κ3) is 0.985. The maximum Gasteiger partial charge on any atom is 0.271 e. The van der Waals surface area contributed by atoms with E-state index in [1.807, 2.05) is 0 Å². The second kappa shape index (κ2) is 2.80. The van der Waals surface area contributed by atoms with Gasteiger partial charge in [-0.3, -0.25) is 4.79 Å². The Bertz CT molecular complexity index is 480. The number of carbonyl (C=O) groups is 1. The first-order valence-corrected chi connectivity index (χ1v) is 3.88. The van der Waals surface area contributed by atoms with E-state index in [9.17, 15) is 13.7 Å². The molecule has 0 saturated heterocycles. The van der Waals surface area contributed by atoms with E-state index in [4.69, 9.17) is 5.73 Å². The lowest BCUT2D eigenvalue weighted by Crippen LogP contribution is -2.15. The van der Waals surface area contributed by atoms with Crippen molar-refractivity contribution in [2.45, 2.75) is 0 Å². The minimum atomic E-state index is -1.12. The van der Waals surface area contributed by atoms with Crippen molar-refractivity contribution in [2.24, 2.45) is 5.73 Å². The largest absolute Gasteiger partial charge is 0.364 e. The summed E-state index contributed by atoms with van der Waals surface area (Å²) in [5.41, 5.74) is 4.09. The van der Waals surface area contributed by atoms with Gasteiger partial charge < -0.3 is 5.73 Å². The number of carbonyl (C=O) groups excluding carboxylic acids is 1. The van der Waals surface area contributed by atoms with Gasteiger partial charge in [0, 0.05) is 5.39 Å². The van der Waals surface area contributed by atoms with Crippen LogP contribution in [0.1, 0.15) is 10.5 Å². The van der Waals surface area contributed by atoms with Crippen molar-refractivity contribution in [1.29, 1.82) is 0 Å². The van der Waals surface area contributed by atoms with Crippen LogP contribution in [0.5, 0.6) is 0 Å². The van der Waals surface area contributed by atoms with E-state index < -0.39 is 17.4 Å². The van der Waals surface area contributed by atoms with Gasteiger partial charge in [-0.1, -0.05) is 16.6 Å². The number of aromatic nitrogens is 1. The second-order valence-corrected chi connectivity index (χ2v) is 2.82. The molecule has 0 saturated carbocycles. The first-order chi connectivity index (χ1) is 6.63. The average Bonchev–Trinajstić information content (AvgIpc) is 2.41. The summed E-state index contributed by atoms with van der Waals surface area (Å²) in [6.45, 7) is 0. The number of halogens is 2. The molecule has 2 N–H and O–H groups in total. The van der Waals surface area contributed by atoms with Gasteiger partial charge in [-0.05, 0) is 12.1 Å². The molecule has 2 rings (SSSR count). The molecular formula is C9H6F2N2O. The van der Waals surface area contributed by atoms with Crippen molar-refractivity contribution in [3.63, 3.8) is 0 Å². The van der Waals surface area contributed by atoms with Crippen LogP contribution < -0.4 is 5.73 Å². The maximum atomic E-state index is 13.4. The molecule has 0 spiro atoms. The summed E-state index contributed by atoms with van der Waals surface area (Å²) in [5, 5.41) is 0.0452. The fraction of sp³-hybridized carbons (Fsp3) is 0. The van der Waals surface area contributed by atoms with Gasteiger partial charge >= 0.3 is 0 Å². The van der Waals surface area contributed by atoms with Gasteiger partial charge in [-0.2, -0.15) is 4.79 Å². The molecule has 3 nitrogen and oxygen atoms in total. The number of hydrogen-bond donors (Lipinski definition) is 1. The van der Waals surface area contributed by atoms with Crippen molar-refractivity contribution in [2.75, 3.05) is 0 Å². The highest BCUT2D eigenvalue weighted by molar-refractivity contribution is 5.98. The zero-order valence-corrected chi connectivity index (χ0v) is 7.00. The highest BCUT2D eigenvalue weighted by Gasteiger charge is 2.20. The molecule has 0 bridgehead atoms. The van der Waals surface area contributed by atoms with Gasteiger partial charge in [0.15, 0.2) is 11.5 Å². The van der Waals surface area contributed by atoms with E-state index in [1.165, 1.54) is 12.1 Å². The predicted octanol–water partition coefficient (Wildman–Crippen LogP) is 1.61. The Kier molecular flexibility index (Phi) is 1.73. The van der Waals surface area contributed by atoms with Crippen molar-refractivity contribution >= 4 is 16.8 Å². The minimum Gasteiger partial charge on any atom is -0.364 e. The molecule has 0 aliphatic rings. The SMILES string of the molecule is NC(=O)c1c(F)c2ccccc2n1F. The molecule has 0 aliphatic carbocycles. The number of amides is 1. The number of hydrogen-bond acceptors (Lipinski definition) is 1. The summed E-state index contributed by atoms with van der Waals surface area (Å²) in [5.74, 6) is -2.04. The molecule has 1 aromatic carbocycles. The van der Waals surface area contributed by atoms with Crippen LogP contribution in [0.4, 0.5) is 8.87 Å². The number of para-hydroxylation sites is 1. The summed E-state index contributed by atoms with van der Waals surface area (Å²) in [6.07, 6.45) is 0. The van der Waals surface area contributed by atoms with Crippen molar-refractivity contribution in [3.05, 3.63) is 35.8 Å². The van der Waals surface area contributed by atoms with Crippen LogP contribution in [0.15, 0.2) is 24.3 Å². The van der Waals surface area contributed by atoms with Crippen molar-refractivity contribution in [3.8, 4) is 0 Å². The normalized spacial score (nSPS) is 10.7. The van der Waals surface area contributed by atoms with Crippen LogP contribution in [0.25, 0.3) is 10.9 Å². The lowest BCUT2D eigenvalue weighted by molar-refractivity contribution is 0.0978. The zero-order chi connectivity index (χ0) is 10.3. The van der Waals surface area contributed by atoms with Gasteiger partial charge in [0.05, 0.1) is 5.52 Å². The second-order valence-electron chi connectivity index (χ2n) is 2.82. The third-order valence-corrected chi connectivity index (χ3v) is 1.99. The molecule has 0 radical (unpaired) electrons. The molecule has 14 heavy (non-hydrogen) atoms. The number of nitrogens with two attached hydrogens (primary N) is 1. The van der Waals surface area contributed by atoms with Gasteiger partial charge in [0.1, 0.15) is 0 Å². The molecule has 72 valence electrons. The fourth-order valence-electron chi connectivity index (χ4n) is 1.37. The van der Waals surface area contributed by atoms with Gasteiger partial charge in [0.25, 0.3) is 5.91 Å². The fourth-order valence-corrected chi connectivity index (χ4v) is 1.37. The van der Waals surface area contributed by atoms with Gasteiger partial charge in [-0.15, -0.1) is 0 Å². The topological polar surface area (TPSA) is 48.0 Å². The summed E-state index contributed by atoms with van der Waals surface area (Å²) in [4.78, 5) is 10.7. The number of fused-ring (bicyclic) bond motifs is 1. The molecule has 2 aromatic rings. The lowest BCUT2D eigenvalue weighted by atomic mass is 10.2.